The van der Waals surface area contributed by atoms with Crippen LogP contribution in [0.4, 0.5) is 17.6 Å². The fraction of sp³-hybridized carbons (Fsp3) is 0.143. The molecule has 2 aromatic carbocycles. The Morgan fingerprint density at radius 1 is 0.600 bits per heavy atom. The van der Waals surface area contributed by atoms with Crippen molar-refractivity contribution in [1.82, 2.24) is 0 Å². The fourth-order valence-corrected chi connectivity index (χ4v) is 1.82. The van der Waals surface area contributed by atoms with Crippen LogP contribution in [-0.2, 0) is 0 Å². The molecule has 0 bridgehead atoms. The van der Waals surface area contributed by atoms with E-state index in [1.54, 1.807) is 0 Å². The molecule has 0 aliphatic rings. The molecule has 6 heteroatoms. The smallest absolute Gasteiger partial charge is 0.162 e. The van der Waals surface area contributed by atoms with Crippen molar-refractivity contribution >= 4 is 0 Å². The summed E-state index contributed by atoms with van der Waals surface area (Å²) in [5.74, 6) is -4.51. The third-order valence-corrected chi connectivity index (χ3v) is 2.77. The lowest BCUT2D eigenvalue weighted by molar-refractivity contribution is 0.401. The first-order chi connectivity index (χ1) is 9.47. The summed E-state index contributed by atoms with van der Waals surface area (Å²) in [7, 11) is 2.51. The molecule has 0 atom stereocenters. The monoisotopic (exact) mass is 286 g/mol. The molecule has 0 heterocycles. The van der Waals surface area contributed by atoms with E-state index in [-0.39, 0.29) is 22.6 Å². The SMILES string of the molecule is COc1cc(F)c(F)cc1-c1cc(F)c(F)cc1OC. The Kier molecular flexibility index (Phi) is 3.83. The van der Waals surface area contributed by atoms with Gasteiger partial charge in [-0.2, -0.15) is 0 Å². The Morgan fingerprint density at radius 2 is 0.900 bits per heavy atom. The van der Waals surface area contributed by atoms with Crippen LogP contribution in [0.1, 0.15) is 0 Å². The van der Waals surface area contributed by atoms with Gasteiger partial charge in [0.25, 0.3) is 0 Å². The quantitative estimate of drug-likeness (QED) is 0.796. The van der Waals surface area contributed by atoms with Gasteiger partial charge in [-0.3, -0.25) is 0 Å². The number of rotatable bonds is 3. The summed E-state index contributed by atoms with van der Waals surface area (Å²) in [6, 6.07) is 3.32. The highest BCUT2D eigenvalue weighted by Gasteiger charge is 2.18. The molecule has 0 unspecified atom stereocenters. The molecule has 2 nitrogen and oxygen atoms in total. The van der Waals surface area contributed by atoms with Gasteiger partial charge in [-0.1, -0.05) is 0 Å². The first kappa shape index (κ1) is 14.2. The third-order valence-electron chi connectivity index (χ3n) is 2.77. The van der Waals surface area contributed by atoms with Crippen LogP contribution in [0.5, 0.6) is 11.5 Å². The van der Waals surface area contributed by atoms with E-state index in [2.05, 4.69) is 0 Å². The predicted molar refractivity (Wildman–Crippen MR) is 64.8 cm³/mol. The molecule has 0 N–H and O–H groups in total. The number of methoxy groups -OCH3 is 2. The standard InChI is InChI=1S/C14H10F4O2/c1-19-13-5-11(17)9(15)3-7(13)8-4-10(16)12(18)6-14(8)20-2/h3-6H,1-2H3. The highest BCUT2D eigenvalue weighted by molar-refractivity contribution is 5.76. The molecule has 0 aromatic heterocycles. The topological polar surface area (TPSA) is 18.5 Å². The largest absolute Gasteiger partial charge is 0.496 e. The van der Waals surface area contributed by atoms with Crippen LogP contribution < -0.4 is 9.47 Å². The molecular weight excluding hydrogens is 276 g/mol. The number of hydrogen-bond donors (Lipinski definition) is 0. The number of halogens is 4. The molecule has 2 aromatic rings. The number of benzene rings is 2. The van der Waals surface area contributed by atoms with Crippen LogP contribution in [0.15, 0.2) is 24.3 Å². The van der Waals surface area contributed by atoms with Gasteiger partial charge in [0.05, 0.1) is 14.2 Å². The molecule has 0 fully saturated rings. The zero-order valence-electron chi connectivity index (χ0n) is 10.6. The van der Waals surface area contributed by atoms with E-state index in [4.69, 9.17) is 9.47 Å². The van der Waals surface area contributed by atoms with Gasteiger partial charge in [0.1, 0.15) is 11.5 Å². The Hall–Kier alpha value is -2.24. The van der Waals surface area contributed by atoms with Crippen molar-refractivity contribution in [3.05, 3.63) is 47.5 Å². The second-order valence-electron chi connectivity index (χ2n) is 3.93. The van der Waals surface area contributed by atoms with Crippen molar-refractivity contribution in [2.75, 3.05) is 14.2 Å². The molecule has 106 valence electrons. The normalized spacial score (nSPS) is 10.5. The van der Waals surface area contributed by atoms with E-state index in [9.17, 15) is 17.6 Å². The zero-order chi connectivity index (χ0) is 14.9. The van der Waals surface area contributed by atoms with Gasteiger partial charge in [0.2, 0.25) is 0 Å². The molecular formula is C14H10F4O2. The summed E-state index contributed by atoms with van der Waals surface area (Å²) in [5.41, 5.74) is 0.115. The lowest BCUT2D eigenvalue weighted by atomic mass is 10.0. The molecule has 0 aliphatic heterocycles. The van der Waals surface area contributed by atoms with Crippen molar-refractivity contribution in [3.63, 3.8) is 0 Å². The zero-order valence-corrected chi connectivity index (χ0v) is 10.6. The molecule has 0 radical (unpaired) electrons. The summed E-state index contributed by atoms with van der Waals surface area (Å²) >= 11 is 0. The number of hydrogen-bond acceptors (Lipinski definition) is 2. The molecule has 0 amide bonds. The minimum absolute atomic E-state index is 0.0202. The van der Waals surface area contributed by atoms with Crippen molar-refractivity contribution in [2.24, 2.45) is 0 Å². The van der Waals surface area contributed by atoms with Gasteiger partial charge in [0.15, 0.2) is 23.3 Å². The third kappa shape index (κ3) is 2.41. The maximum absolute atomic E-state index is 13.4. The van der Waals surface area contributed by atoms with E-state index in [1.807, 2.05) is 0 Å². The number of ether oxygens (including phenoxy) is 2. The molecule has 0 spiro atoms. The van der Waals surface area contributed by atoms with E-state index in [0.717, 1.165) is 24.3 Å². The molecule has 20 heavy (non-hydrogen) atoms. The minimum atomic E-state index is -1.13. The van der Waals surface area contributed by atoms with Gasteiger partial charge < -0.3 is 9.47 Å². The fourth-order valence-electron chi connectivity index (χ4n) is 1.82. The summed E-state index contributed by atoms with van der Waals surface area (Å²) in [6.45, 7) is 0. The lowest BCUT2D eigenvalue weighted by Crippen LogP contribution is -1.97. The van der Waals surface area contributed by atoms with E-state index < -0.39 is 23.3 Å². The second-order valence-corrected chi connectivity index (χ2v) is 3.93. The van der Waals surface area contributed by atoms with Crippen LogP contribution in [0, 0.1) is 23.3 Å². The molecule has 0 saturated heterocycles. The highest BCUT2D eigenvalue weighted by Crippen LogP contribution is 2.38. The van der Waals surface area contributed by atoms with Crippen molar-refractivity contribution < 1.29 is 27.0 Å². The minimum Gasteiger partial charge on any atom is -0.496 e. The lowest BCUT2D eigenvalue weighted by Gasteiger charge is -2.13. The molecule has 0 saturated carbocycles. The van der Waals surface area contributed by atoms with Gasteiger partial charge in [-0.05, 0) is 12.1 Å². The highest BCUT2D eigenvalue weighted by atomic mass is 19.2. The summed E-state index contributed by atoms with van der Waals surface area (Å²) in [5, 5.41) is 0. The Morgan fingerprint density at radius 3 is 1.20 bits per heavy atom. The van der Waals surface area contributed by atoms with Crippen LogP contribution in [0.3, 0.4) is 0 Å². The Bertz CT molecular complexity index is 599. The summed E-state index contributed by atoms with van der Waals surface area (Å²) in [4.78, 5) is 0. The van der Waals surface area contributed by atoms with Gasteiger partial charge in [-0.25, -0.2) is 17.6 Å². The van der Waals surface area contributed by atoms with Crippen molar-refractivity contribution in [1.29, 1.82) is 0 Å². The second kappa shape index (κ2) is 5.40. The maximum atomic E-state index is 13.4. The van der Waals surface area contributed by atoms with Crippen molar-refractivity contribution in [3.8, 4) is 22.6 Å². The van der Waals surface area contributed by atoms with Gasteiger partial charge >= 0.3 is 0 Å². The maximum Gasteiger partial charge on any atom is 0.162 e. The molecule has 2 rings (SSSR count). The first-order valence-corrected chi connectivity index (χ1v) is 5.54. The predicted octanol–water partition coefficient (Wildman–Crippen LogP) is 3.93. The van der Waals surface area contributed by atoms with Crippen LogP contribution in [0.2, 0.25) is 0 Å². The van der Waals surface area contributed by atoms with Gasteiger partial charge in [0, 0.05) is 23.3 Å². The first-order valence-electron chi connectivity index (χ1n) is 5.54. The Balaban J connectivity index is 2.73. The molecule has 0 aliphatic carbocycles. The average Bonchev–Trinajstić information content (AvgIpc) is 2.43. The van der Waals surface area contributed by atoms with Crippen LogP contribution in [-0.4, -0.2) is 14.2 Å². The van der Waals surface area contributed by atoms with Crippen LogP contribution in [0.25, 0.3) is 11.1 Å². The summed E-state index contributed by atoms with van der Waals surface area (Å²) in [6.07, 6.45) is 0. The van der Waals surface area contributed by atoms with E-state index >= 15 is 0 Å². The van der Waals surface area contributed by atoms with E-state index in [1.165, 1.54) is 14.2 Å². The van der Waals surface area contributed by atoms with Crippen molar-refractivity contribution in [2.45, 2.75) is 0 Å². The average molecular weight is 286 g/mol. The van der Waals surface area contributed by atoms with Gasteiger partial charge in [-0.15, -0.1) is 0 Å². The Labute approximate surface area is 112 Å². The van der Waals surface area contributed by atoms with Crippen LogP contribution >= 0.6 is 0 Å². The summed E-state index contributed by atoms with van der Waals surface area (Å²) < 4.78 is 62.9. The van der Waals surface area contributed by atoms with E-state index in [0.29, 0.717) is 0 Å².